The molecule has 8 aliphatic heterocycles. The molecule has 0 aliphatic carbocycles. The van der Waals surface area contributed by atoms with Crippen LogP contribution < -0.4 is 73.9 Å². The summed E-state index contributed by atoms with van der Waals surface area (Å²) in [7, 11) is 1.45. The molecule has 23 atom stereocenters. The Hall–Kier alpha value is -10.7. The maximum atomic E-state index is 16.5. The number of benzene rings is 5. The average molecular weight is 1750 g/mol. The van der Waals surface area contributed by atoms with Crippen LogP contribution in [0.25, 0.3) is 11.1 Å². The molecule has 5 aromatic rings. The standard InChI is InChI=1S/C79H95Cl2N11O30/c1-29(2)16-41(85-7)70(106)91-60-62(101)33-9-12-45(39(80)18-33)117-47-20-35-21-48(66(47)122-77-67(121-55-26-79(6,84)69(105)31(4)116-55)64(103)63(102)49(119-77)28-114-53(100)15-14-51(98)87-52(99)27-93)118-46-13-10-34(19-40(46)81)65(120-54-25-78(5,83)68(104)30(3)115-54)61-75(111)90-59(76(112)113)38-22-36(94)23-44(96)56(38)37-17-32(8-11-43(37)95)57(72(108)92-61)89-73(109)58(35)88-71(107)42(24-50(82)97)86-74(60)110/h8-13,17-23,27,29-31,41-42,49,52,54-55,57-65,67-69,77,85,94-96,99,101-105H,14-16,24-26,28,83-84H2,1-7H3,(H2,82,97)(H,86,110)(H,87,98)(H,88,107)(H,89,109)(H,90,111)(H,91,106)(H,92,108)(H,112,113)/t30?,31?,41?,42?,49?,52?,54?,55?,57?,58?,59-,60?,61?,62+,63?,64?,65-,67?,68?,69?,77?,78+,79+/m1/s1. The van der Waals surface area contributed by atoms with Gasteiger partial charge in [-0.1, -0.05) is 55.2 Å². The third-order valence-corrected chi connectivity index (χ3v) is 22.0. The van der Waals surface area contributed by atoms with Crippen LogP contribution in [-0.4, -0.2) is 239 Å². The highest BCUT2D eigenvalue weighted by atomic mass is 35.5. The molecule has 660 valence electrons. The molecule has 3 saturated heterocycles. The third-order valence-electron chi connectivity index (χ3n) is 21.4. The number of phenolic OH excluding ortho intramolecular Hbond substituents is 3. The molecule has 0 aromatic heterocycles. The van der Waals surface area contributed by atoms with Gasteiger partial charge in [0.1, 0.15) is 96.1 Å². The molecule has 11 bridgehead atoms. The number of carbonyl (C=O) groups is 11. The van der Waals surface area contributed by atoms with Crippen molar-refractivity contribution in [1.29, 1.82) is 0 Å². The number of aliphatic hydroxyl groups is 6. The molecule has 3 fully saturated rings. The number of nitrogens with one attached hydrogen (secondary N) is 8. The second-order valence-electron chi connectivity index (χ2n) is 31.4. The minimum absolute atomic E-state index is 0.00633. The number of hydrogen-bond donors (Lipinski definition) is 21. The number of primary amides is 1. The summed E-state index contributed by atoms with van der Waals surface area (Å²) in [5.41, 5.74) is 13.0. The SMILES string of the molecule is CNC(CC(C)C)C(=O)NC1C(=O)NC(CC(N)=O)C(=O)NC2C(=O)NC3C(=O)NC(C(=O)N[C@@H](C(=O)O)c4cc(O)cc(O)c4-c4cc3ccc4O)[C@H](OC3C[C@](C)(N)C(O)C(C)O3)c3ccc(c(Cl)c3)Oc3cc2cc(c3OC2OC(COC(=O)CCC(=O)NC(O)C=O)C(O)C(O)C2OC2C[C@](C)(N)C(O)C(C)O2)Oc2ccc(cc2Cl)[C@@H]1O. The number of phenols is 3. The van der Waals surface area contributed by atoms with Gasteiger partial charge in [-0.25, -0.2) is 4.79 Å². The first-order valence-corrected chi connectivity index (χ1v) is 39.2. The largest absolute Gasteiger partial charge is 0.508 e. The summed E-state index contributed by atoms with van der Waals surface area (Å²) in [6, 6.07) is -1.31. The number of aliphatic hydroxyl groups excluding tert-OH is 6. The maximum Gasteiger partial charge on any atom is 0.330 e. The zero-order valence-electron chi connectivity index (χ0n) is 66.4. The van der Waals surface area contributed by atoms with Crippen LogP contribution in [0.1, 0.15) is 138 Å². The number of halogens is 2. The van der Waals surface area contributed by atoms with E-state index in [4.69, 9.17) is 83.0 Å². The molecular formula is C79H95Cl2N11O30. The summed E-state index contributed by atoms with van der Waals surface area (Å²) < 4.78 is 57.6. The predicted octanol–water partition coefficient (Wildman–Crippen LogP) is -0.692. The van der Waals surface area contributed by atoms with Gasteiger partial charge in [-0.05, 0) is 124 Å². The number of carboxylic acid groups (broad SMARTS) is 1. The summed E-state index contributed by atoms with van der Waals surface area (Å²) in [6.07, 6.45) is -27.7. The number of aliphatic carboxylic acids is 1. The summed E-state index contributed by atoms with van der Waals surface area (Å²) in [5.74, 6) is -19.0. The Kier molecular flexibility index (Phi) is 28.6. The number of hydrogen-bond acceptors (Lipinski definition) is 32. The molecule has 24 N–H and O–H groups in total. The van der Waals surface area contributed by atoms with Gasteiger partial charge in [0.25, 0.3) is 0 Å². The maximum absolute atomic E-state index is 16.5. The highest BCUT2D eigenvalue weighted by Gasteiger charge is 2.53. The number of aromatic hydroxyl groups is 3. The number of carbonyl (C=O) groups excluding carboxylic acids is 10. The number of likely N-dealkylation sites (N-methyl/N-ethyl adjacent to an activating group) is 1. The van der Waals surface area contributed by atoms with E-state index in [-0.39, 0.29) is 42.6 Å². The lowest BCUT2D eigenvalue weighted by molar-refractivity contribution is -0.333. The molecular weight excluding hydrogens is 1650 g/mol. The molecule has 18 unspecified atom stereocenters. The molecule has 43 heteroatoms. The van der Waals surface area contributed by atoms with Crippen molar-refractivity contribution in [3.63, 3.8) is 0 Å². The smallest absolute Gasteiger partial charge is 0.330 e. The fourth-order valence-electron chi connectivity index (χ4n) is 15.0. The fraction of sp³-hybridized carbons (Fsp3) is 0.481. The van der Waals surface area contributed by atoms with Crippen LogP contribution >= 0.6 is 23.2 Å². The summed E-state index contributed by atoms with van der Waals surface area (Å²) in [6.45, 7) is 8.42. The molecule has 8 heterocycles. The van der Waals surface area contributed by atoms with E-state index in [0.29, 0.717) is 0 Å². The van der Waals surface area contributed by atoms with Gasteiger partial charge < -0.3 is 153 Å². The van der Waals surface area contributed by atoms with Gasteiger partial charge in [0.15, 0.2) is 48.7 Å². The van der Waals surface area contributed by atoms with E-state index >= 15 is 24.0 Å². The van der Waals surface area contributed by atoms with Gasteiger partial charge in [-0.3, -0.25) is 47.9 Å². The second-order valence-corrected chi connectivity index (χ2v) is 32.2. The summed E-state index contributed by atoms with van der Waals surface area (Å²) >= 11 is 14.6. The first kappa shape index (κ1) is 92.0. The minimum Gasteiger partial charge on any atom is -0.508 e. The summed E-state index contributed by atoms with van der Waals surface area (Å²) in [5, 5.41) is 133. The van der Waals surface area contributed by atoms with Gasteiger partial charge in [0.05, 0.1) is 53.3 Å². The molecule has 8 amide bonds. The first-order chi connectivity index (χ1) is 57.4. The highest BCUT2D eigenvalue weighted by Crippen LogP contribution is 2.51. The number of amides is 8. The zero-order chi connectivity index (χ0) is 89.2. The van der Waals surface area contributed by atoms with E-state index in [1.54, 1.807) is 13.8 Å². The molecule has 41 nitrogen and oxygen atoms in total. The van der Waals surface area contributed by atoms with Crippen molar-refractivity contribution in [2.75, 3.05) is 13.7 Å². The van der Waals surface area contributed by atoms with Gasteiger partial charge >= 0.3 is 11.9 Å². The Morgan fingerprint density at radius 2 is 1.25 bits per heavy atom. The quantitative estimate of drug-likeness (QED) is 0.0246. The average Bonchev–Trinajstić information content (AvgIpc) is 0.763. The van der Waals surface area contributed by atoms with E-state index in [1.807, 2.05) is 5.32 Å². The van der Waals surface area contributed by atoms with Crippen molar-refractivity contribution in [2.24, 2.45) is 23.1 Å². The second kappa shape index (κ2) is 38.0. The Labute approximate surface area is 704 Å². The number of aldehydes is 1. The van der Waals surface area contributed by atoms with E-state index in [2.05, 4.69) is 37.2 Å². The Balaban J connectivity index is 1.18. The molecule has 8 aliphatic rings. The zero-order valence-corrected chi connectivity index (χ0v) is 67.9. The number of esters is 1. The van der Waals surface area contributed by atoms with Gasteiger partial charge in [-0.2, -0.15) is 0 Å². The van der Waals surface area contributed by atoms with E-state index < -0.39 is 308 Å². The van der Waals surface area contributed by atoms with Crippen LogP contribution in [0.4, 0.5) is 0 Å². The molecule has 13 rings (SSSR count). The van der Waals surface area contributed by atoms with E-state index in [0.717, 1.165) is 66.7 Å². The normalized spacial score (nSPS) is 30.3. The van der Waals surface area contributed by atoms with Crippen LogP contribution in [0.15, 0.2) is 78.9 Å². The van der Waals surface area contributed by atoms with Gasteiger partial charge in [-0.15, -0.1) is 0 Å². The van der Waals surface area contributed by atoms with Crippen LogP contribution in [0.5, 0.6) is 46.0 Å². The Bertz CT molecular complexity index is 4850. The van der Waals surface area contributed by atoms with Crippen molar-refractivity contribution in [1.82, 2.24) is 42.5 Å². The lowest BCUT2D eigenvalue weighted by Crippen LogP contribution is -2.64. The number of ether oxygens (including phenoxy) is 9. The minimum atomic E-state index is -2.46. The Morgan fingerprint density at radius 1 is 0.672 bits per heavy atom. The van der Waals surface area contributed by atoms with E-state index in [1.165, 1.54) is 46.9 Å². The van der Waals surface area contributed by atoms with Crippen molar-refractivity contribution < 1.29 is 146 Å². The molecule has 5 aromatic carbocycles. The molecule has 0 radical (unpaired) electrons. The highest BCUT2D eigenvalue weighted by molar-refractivity contribution is 6.32. The monoisotopic (exact) mass is 1750 g/mol. The fourth-order valence-corrected chi connectivity index (χ4v) is 15.4. The number of carboxylic acids is 1. The Morgan fingerprint density at radius 3 is 1.84 bits per heavy atom. The third kappa shape index (κ3) is 20.8. The number of nitrogens with two attached hydrogens (primary N) is 3. The lowest BCUT2D eigenvalue weighted by atomic mass is 9.86. The van der Waals surface area contributed by atoms with Crippen molar-refractivity contribution in [3.8, 4) is 57.1 Å². The lowest BCUT2D eigenvalue weighted by Gasteiger charge is -2.47. The topological polar surface area (TPSA) is 647 Å². The van der Waals surface area contributed by atoms with Crippen molar-refractivity contribution >= 4 is 88.7 Å². The van der Waals surface area contributed by atoms with Crippen LogP contribution in [0.3, 0.4) is 0 Å². The van der Waals surface area contributed by atoms with Crippen molar-refractivity contribution in [2.45, 2.75) is 220 Å². The van der Waals surface area contributed by atoms with Crippen LogP contribution in [0.2, 0.25) is 10.0 Å². The van der Waals surface area contributed by atoms with Crippen LogP contribution in [0, 0.1) is 5.92 Å². The number of fused-ring (bicyclic) bond motifs is 15. The van der Waals surface area contributed by atoms with Gasteiger partial charge in [0, 0.05) is 53.1 Å². The molecule has 122 heavy (non-hydrogen) atoms. The van der Waals surface area contributed by atoms with Crippen molar-refractivity contribution in [3.05, 3.63) is 117 Å². The summed E-state index contributed by atoms with van der Waals surface area (Å²) in [4.78, 5) is 158. The first-order valence-electron chi connectivity index (χ1n) is 38.5. The van der Waals surface area contributed by atoms with Crippen LogP contribution in [-0.2, 0) is 81.2 Å². The molecule has 0 spiro atoms. The number of rotatable bonds is 21. The van der Waals surface area contributed by atoms with E-state index in [9.17, 15) is 79.8 Å². The molecule has 0 saturated carbocycles. The van der Waals surface area contributed by atoms with Gasteiger partial charge in [0.2, 0.25) is 59.3 Å². The predicted molar refractivity (Wildman–Crippen MR) is 419 cm³/mol.